The summed E-state index contributed by atoms with van der Waals surface area (Å²) in [6.45, 7) is 6.98. The molecule has 3 aromatic carbocycles. The summed E-state index contributed by atoms with van der Waals surface area (Å²) in [5.74, 6) is 0.615. The SMILES string of the molecule is Cc1cc(OCc2c(-c3c(Cl)cccc3Cl)noc2C(C)C)ccc1N(C)Cc1ccc(C(=O)O)cc1. The molecule has 0 bridgehead atoms. The summed E-state index contributed by atoms with van der Waals surface area (Å²) in [5, 5.41) is 14.4. The molecule has 0 atom stereocenters. The molecule has 1 heterocycles. The number of aromatic nitrogens is 1. The van der Waals surface area contributed by atoms with E-state index in [1.54, 1.807) is 30.3 Å². The highest BCUT2D eigenvalue weighted by atomic mass is 35.5. The average Bonchev–Trinajstić information content (AvgIpc) is 3.26. The van der Waals surface area contributed by atoms with Crippen molar-refractivity contribution >= 4 is 34.9 Å². The molecule has 0 saturated heterocycles. The van der Waals surface area contributed by atoms with Crippen molar-refractivity contribution in [2.45, 2.75) is 39.8 Å². The Hall–Kier alpha value is -3.48. The maximum atomic E-state index is 11.1. The minimum absolute atomic E-state index is 0.100. The molecule has 6 nitrogen and oxygen atoms in total. The molecule has 1 aromatic heterocycles. The second kappa shape index (κ2) is 11.3. The minimum atomic E-state index is -0.930. The van der Waals surface area contributed by atoms with E-state index in [0.717, 1.165) is 28.1 Å². The Morgan fingerprint density at radius 2 is 1.76 bits per heavy atom. The van der Waals surface area contributed by atoms with Crippen LogP contribution in [0.1, 0.15) is 52.6 Å². The molecule has 8 heteroatoms. The van der Waals surface area contributed by atoms with Crippen LogP contribution in [0.15, 0.2) is 65.2 Å². The van der Waals surface area contributed by atoms with Crippen molar-refractivity contribution in [1.82, 2.24) is 5.16 Å². The standard InChI is InChI=1S/C29H28Cl2N2O4/c1-17(2)28-22(27(32-37-28)26-23(30)6-5-7-24(26)31)16-36-21-12-13-25(18(3)14-21)33(4)15-19-8-10-20(11-9-19)29(34)35/h5-14,17H,15-16H2,1-4H3,(H,34,35). The van der Waals surface area contributed by atoms with Gasteiger partial charge in [-0.15, -0.1) is 0 Å². The first-order chi connectivity index (χ1) is 17.7. The third-order valence-corrected chi connectivity index (χ3v) is 6.76. The monoisotopic (exact) mass is 538 g/mol. The van der Waals surface area contributed by atoms with Crippen molar-refractivity contribution in [1.29, 1.82) is 0 Å². The van der Waals surface area contributed by atoms with Gasteiger partial charge in [0.1, 0.15) is 23.8 Å². The number of carboxylic acids is 1. The summed E-state index contributed by atoms with van der Waals surface area (Å²) in [5.41, 5.74) is 5.42. The average molecular weight is 539 g/mol. The van der Waals surface area contributed by atoms with E-state index in [1.807, 2.05) is 58.2 Å². The molecule has 37 heavy (non-hydrogen) atoms. The molecule has 0 amide bonds. The summed E-state index contributed by atoms with van der Waals surface area (Å²) in [7, 11) is 2.00. The molecule has 0 radical (unpaired) electrons. The van der Waals surface area contributed by atoms with Crippen molar-refractivity contribution < 1.29 is 19.2 Å². The van der Waals surface area contributed by atoms with Crippen molar-refractivity contribution in [3.05, 3.63) is 98.7 Å². The highest BCUT2D eigenvalue weighted by molar-refractivity contribution is 6.39. The van der Waals surface area contributed by atoms with E-state index in [-0.39, 0.29) is 18.1 Å². The summed E-state index contributed by atoms with van der Waals surface area (Å²) < 4.78 is 11.9. The van der Waals surface area contributed by atoms with Crippen LogP contribution in [-0.4, -0.2) is 23.3 Å². The summed E-state index contributed by atoms with van der Waals surface area (Å²) in [6.07, 6.45) is 0. The zero-order valence-electron chi connectivity index (χ0n) is 21.1. The second-order valence-corrected chi connectivity index (χ2v) is 10.0. The van der Waals surface area contributed by atoms with Crippen molar-refractivity contribution in [2.24, 2.45) is 0 Å². The van der Waals surface area contributed by atoms with E-state index in [0.29, 0.717) is 33.6 Å². The van der Waals surface area contributed by atoms with Crippen LogP contribution in [0.4, 0.5) is 5.69 Å². The van der Waals surface area contributed by atoms with Crippen LogP contribution in [0, 0.1) is 6.92 Å². The maximum absolute atomic E-state index is 11.1. The number of carbonyl (C=O) groups is 1. The Labute approximate surface area is 226 Å². The lowest BCUT2D eigenvalue weighted by molar-refractivity contribution is 0.0697. The number of ether oxygens (including phenoxy) is 1. The first-order valence-corrected chi connectivity index (χ1v) is 12.6. The van der Waals surface area contributed by atoms with Gasteiger partial charge in [-0.25, -0.2) is 4.79 Å². The van der Waals surface area contributed by atoms with Crippen LogP contribution < -0.4 is 9.64 Å². The molecule has 0 aliphatic heterocycles. The Bertz CT molecular complexity index is 1390. The fourth-order valence-corrected chi connectivity index (χ4v) is 4.83. The number of benzene rings is 3. The molecule has 0 aliphatic carbocycles. The van der Waals surface area contributed by atoms with Gasteiger partial charge in [0, 0.05) is 30.8 Å². The van der Waals surface area contributed by atoms with Gasteiger partial charge in [-0.2, -0.15) is 0 Å². The Balaban J connectivity index is 1.52. The number of hydrogen-bond donors (Lipinski definition) is 1. The van der Waals surface area contributed by atoms with Crippen LogP contribution in [0.5, 0.6) is 5.75 Å². The van der Waals surface area contributed by atoms with Crippen molar-refractivity contribution in [3.63, 3.8) is 0 Å². The molecule has 0 fully saturated rings. The summed E-state index contributed by atoms with van der Waals surface area (Å²) >= 11 is 12.9. The van der Waals surface area contributed by atoms with Gasteiger partial charge in [0.25, 0.3) is 0 Å². The predicted octanol–water partition coefficient (Wildman–Crippen LogP) is 7.99. The topological polar surface area (TPSA) is 75.8 Å². The van der Waals surface area contributed by atoms with Gasteiger partial charge in [-0.05, 0) is 60.5 Å². The Morgan fingerprint density at radius 3 is 2.35 bits per heavy atom. The van der Waals surface area contributed by atoms with E-state index < -0.39 is 5.97 Å². The molecular formula is C29H28Cl2N2O4. The van der Waals surface area contributed by atoms with E-state index in [9.17, 15) is 4.79 Å². The van der Waals surface area contributed by atoms with E-state index in [4.69, 9.17) is 37.6 Å². The van der Waals surface area contributed by atoms with E-state index in [1.165, 1.54) is 0 Å². The normalized spacial score (nSPS) is 11.1. The van der Waals surface area contributed by atoms with Crippen LogP contribution >= 0.6 is 23.2 Å². The Morgan fingerprint density at radius 1 is 1.08 bits per heavy atom. The van der Waals surface area contributed by atoms with Crippen LogP contribution in [0.2, 0.25) is 10.0 Å². The number of aryl methyl sites for hydroxylation is 1. The van der Waals surface area contributed by atoms with Gasteiger partial charge in [-0.1, -0.05) is 60.4 Å². The fraction of sp³-hybridized carbons (Fsp3) is 0.241. The van der Waals surface area contributed by atoms with E-state index >= 15 is 0 Å². The third kappa shape index (κ3) is 5.92. The molecule has 0 unspecified atom stereocenters. The number of aromatic carboxylic acids is 1. The molecule has 1 N–H and O–H groups in total. The number of hydrogen-bond acceptors (Lipinski definition) is 5. The number of anilines is 1. The molecule has 0 saturated carbocycles. The van der Waals surface area contributed by atoms with Crippen molar-refractivity contribution in [3.8, 4) is 17.0 Å². The van der Waals surface area contributed by atoms with E-state index in [2.05, 4.69) is 10.1 Å². The second-order valence-electron chi connectivity index (χ2n) is 9.22. The minimum Gasteiger partial charge on any atom is -0.489 e. The van der Waals surface area contributed by atoms with Crippen molar-refractivity contribution in [2.75, 3.05) is 11.9 Å². The predicted molar refractivity (Wildman–Crippen MR) is 147 cm³/mol. The number of halogens is 2. The smallest absolute Gasteiger partial charge is 0.335 e. The first-order valence-electron chi connectivity index (χ1n) is 11.8. The third-order valence-electron chi connectivity index (χ3n) is 6.13. The number of nitrogens with zero attached hydrogens (tertiary/aromatic N) is 2. The van der Waals surface area contributed by atoms with Gasteiger partial charge in [0.15, 0.2) is 0 Å². The zero-order valence-corrected chi connectivity index (χ0v) is 22.6. The van der Waals surface area contributed by atoms with Gasteiger partial charge in [0.2, 0.25) is 0 Å². The maximum Gasteiger partial charge on any atom is 0.335 e. The lowest BCUT2D eigenvalue weighted by Gasteiger charge is -2.22. The lowest BCUT2D eigenvalue weighted by atomic mass is 10.0. The van der Waals surface area contributed by atoms with Gasteiger partial charge in [0.05, 0.1) is 21.2 Å². The summed E-state index contributed by atoms with van der Waals surface area (Å²) in [6, 6.07) is 18.2. The van der Waals surface area contributed by atoms with Gasteiger partial charge in [-0.3, -0.25) is 0 Å². The molecule has 0 spiro atoms. The quantitative estimate of drug-likeness (QED) is 0.232. The largest absolute Gasteiger partial charge is 0.489 e. The van der Waals surface area contributed by atoms with Crippen LogP contribution in [0.3, 0.4) is 0 Å². The van der Waals surface area contributed by atoms with Gasteiger partial charge >= 0.3 is 5.97 Å². The van der Waals surface area contributed by atoms with Gasteiger partial charge < -0.3 is 19.3 Å². The first kappa shape index (κ1) is 26.6. The summed E-state index contributed by atoms with van der Waals surface area (Å²) in [4.78, 5) is 13.2. The highest BCUT2D eigenvalue weighted by Gasteiger charge is 2.24. The fourth-order valence-electron chi connectivity index (χ4n) is 4.25. The van der Waals surface area contributed by atoms with Crippen LogP contribution in [0.25, 0.3) is 11.3 Å². The lowest BCUT2D eigenvalue weighted by Crippen LogP contribution is -2.17. The molecule has 192 valence electrons. The molecule has 4 rings (SSSR count). The highest BCUT2D eigenvalue weighted by Crippen LogP contribution is 2.39. The number of carboxylic acid groups (broad SMARTS) is 1. The zero-order chi connectivity index (χ0) is 26.7. The van der Waals surface area contributed by atoms with Crippen LogP contribution in [-0.2, 0) is 13.2 Å². The Kier molecular flexibility index (Phi) is 8.10. The molecular weight excluding hydrogens is 511 g/mol. The molecule has 0 aliphatic rings. The molecule has 4 aromatic rings. The number of rotatable bonds is 9.